The number of ether oxygens (including phenoxy) is 4. The summed E-state index contributed by atoms with van der Waals surface area (Å²) in [6.45, 7) is 6.43. The fourth-order valence-corrected chi connectivity index (χ4v) is 3.20. The van der Waals surface area contributed by atoms with Crippen molar-refractivity contribution in [2.75, 3.05) is 27.4 Å². The number of hydrazone groups is 1. The Morgan fingerprint density at radius 2 is 1.90 bits per heavy atom. The predicted molar refractivity (Wildman–Crippen MR) is 121 cm³/mol. The molecule has 0 saturated carbocycles. The second-order valence-corrected chi connectivity index (χ2v) is 6.79. The molecule has 29 heavy (non-hydrogen) atoms. The van der Waals surface area contributed by atoms with Crippen molar-refractivity contribution in [3.8, 4) is 23.0 Å². The summed E-state index contributed by atoms with van der Waals surface area (Å²) >= 11 is 2.17. The molecule has 0 aliphatic rings. The molecule has 0 radical (unpaired) electrons. The Bertz CT molecular complexity index is 899. The first kappa shape index (κ1) is 22.5. The number of nitrogens with one attached hydrogen (secondary N) is 1. The van der Waals surface area contributed by atoms with Crippen LogP contribution < -0.4 is 24.4 Å². The zero-order chi connectivity index (χ0) is 21.2. The van der Waals surface area contributed by atoms with Gasteiger partial charge in [-0.1, -0.05) is 12.7 Å². The summed E-state index contributed by atoms with van der Waals surface area (Å²) in [5.74, 6) is 1.90. The lowest BCUT2D eigenvalue weighted by molar-refractivity contribution is 0.0954. The van der Waals surface area contributed by atoms with Crippen molar-refractivity contribution in [3.05, 3.63) is 57.7 Å². The number of benzene rings is 2. The van der Waals surface area contributed by atoms with E-state index in [1.54, 1.807) is 36.6 Å². The van der Waals surface area contributed by atoms with E-state index < -0.39 is 0 Å². The van der Waals surface area contributed by atoms with Crippen molar-refractivity contribution in [2.24, 2.45) is 5.10 Å². The van der Waals surface area contributed by atoms with Crippen molar-refractivity contribution >= 4 is 34.7 Å². The fourth-order valence-electron chi connectivity index (χ4n) is 2.42. The van der Waals surface area contributed by atoms with Crippen LogP contribution >= 0.6 is 22.6 Å². The number of carbonyl (C=O) groups excluding carboxylic acids is 1. The molecule has 1 amide bonds. The Morgan fingerprint density at radius 1 is 1.14 bits per heavy atom. The summed E-state index contributed by atoms with van der Waals surface area (Å²) in [6, 6.07) is 8.57. The molecule has 0 fully saturated rings. The third-order valence-electron chi connectivity index (χ3n) is 3.70. The first-order valence-corrected chi connectivity index (χ1v) is 9.87. The van der Waals surface area contributed by atoms with Gasteiger partial charge < -0.3 is 18.9 Å². The van der Waals surface area contributed by atoms with E-state index in [-0.39, 0.29) is 5.91 Å². The minimum absolute atomic E-state index is 0.368. The smallest absolute Gasteiger partial charge is 0.271 e. The fraction of sp³-hybridized carbons (Fsp3) is 0.238. The molecule has 0 saturated heterocycles. The van der Waals surface area contributed by atoms with Crippen LogP contribution in [0.3, 0.4) is 0 Å². The number of carbonyl (C=O) groups is 1. The van der Waals surface area contributed by atoms with Crippen LogP contribution in [0.25, 0.3) is 0 Å². The maximum atomic E-state index is 12.3. The summed E-state index contributed by atoms with van der Waals surface area (Å²) in [4.78, 5) is 12.3. The van der Waals surface area contributed by atoms with Crippen LogP contribution in [-0.4, -0.2) is 39.6 Å². The van der Waals surface area contributed by atoms with Gasteiger partial charge in [-0.05, 0) is 65.4 Å². The van der Waals surface area contributed by atoms with Gasteiger partial charge in [-0.3, -0.25) is 4.79 Å². The van der Waals surface area contributed by atoms with Crippen molar-refractivity contribution in [1.29, 1.82) is 0 Å². The molecule has 0 atom stereocenters. The van der Waals surface area contributed by atoms with Gasteiger partial charge in [0, 0.05) is 5.56 Å². The summed E-state index contributed by atoms with van der Waals surface area (Å²) in [6.07, 6.45) is 3.21. The minimum Gasteiger partial charge on any atom is -0.493 e. The molecule has 8 heteroatoms. The summed E-state index contributed by atoms with van der Waals surface area (Å²) in [7, 11) is 3.05. The van der Waals surface area contributed by atoms with E-state index in [9.17, 15) is 4.79 Å². The zero-order valence-electron chi connectivity index (χ0n) is 16.5. The number of hydrogen-bond donors (Lipinski definition) is 1. The molecule has 2 rings (SSSR count). The van der Waals surface area contributed by atoms with Gasteiger partial charge in [-0.2, -0.15) is 5.10 Å². The van der Waals surface area contributed by atoms with Gasteiger partial charge in [-0.15, -0.1) is 0 Å². The van der Waals surface area contributed by atoms with Gasteiger partial charge in [0.2, 0.25) is 0 Å². The Labute approximate surface area is 183 Å². The van der Waals surface area contributed by atoms with E-state index in [2.05, 4.69) is 39.7 Å². The van der Waals surface area contributed by atoms with Crippen LogP contribution in [0.5, 0.6) is 23.0 Å². The molecule has 0 spiro atoms. The van der Waals surface area contributed by atoms with Crippen LogP contribution in [0.4, 0.5) is 0 Å². The SMILES string of the molecule is C=CCOc1c(I)cc(/C=N/NC(=O)c2ccc(OC)c(OC)c2)cc1OCC. The molecule has 0 unspecified atom stereocenters. The van der Waals surface area contributed by atoms with Crippen LogP contribution in [-0.2, 0) is 0 Å². The third-order valence-corrected chi connectivity index (χ3v) is 4.50. The van der Waals surface area contributed by atoms with Gasteiger partial charge >= 0.3 is 0 Å². The zero-order valence-corrected chi connectivity index (χ0v) is 18.7. The lowest BCUT2D eigenvalue weighted by Crippen LogP contribution is -2.17. The van der Waals surface area contributed by atoms with Crippen LogP contribution in [0.15, 0.2) is 48.1 Å². The maximum Gasteiger partial charge on any atom is 0.271 e. The monoisotopic (exact) mass is 510 g/mol. The summed E-state index contributed by atoms with van der Waals surface area (Å²) < 4.78 is 22.6. The van der Waals surface area contributed by atoms with Gasteiger partial charge in [0.15, 0.2) is 23.0 Å². The van der Waals surface area contributed by atoms with Crippen LogP contribution in [0.1, 0.15) is 22.8 Å². The largest absolute Gasteiger partial charge is 0.493 e. The molecular formula is C21H23IN2O5. The first-order chi connectivity index (χ1) is 14.0. The normalized spacial score (nSPS) is 10.5. The van der Waals surface area contributed by atoms with Gasteiger partial charge in [0.05, 0.1) is 30.6 Å². The Morgan fingerprint density at radius 3 is 2.55 bits per heavy atom. The topological polar surface area (TPSA) is 78.4 Å². The summed E-state index contributed by atoms with van der Waals surface area (Å²) in [5.41, 5.74) is 3.66. The molecule has 2 aromatic carbocycles. The summed E-state index contributed by atoms with van der Waals surface area (Å²) in [5, 5.41) is 4.04. The van der Waals surface area contributed by atoms with E-state index >= 15 is 0 Å². The second kappa shape index (κ2) is 11.3. The van der Waals surface area contributed by atoms with Crippen LogP contribution in [0.2, 0.25) is 0 Å². The van der Waals surface area contributed by atoms with E-state index in [1.165, 1.54) is 14.2 Å². The molecule has 0 aromatic heterocycles. The molecule has 0 bridgehead atoms. The molecular weight excluding hydrogens is 487 g/mol. The number of rotatable bonds is 10. The number of hydrogen-bond acceptors (Lipinski definition) is 6. The highest BCUT2D eigenvalue weighted by Crippen LogP contribution is 2.34. The highest BCUT2D eigenvalue weighted by molar-refractivity contribution is 14.1. The molecule has 0 aliphatic carbocycles. The van der Waals surface area contributed by atoms with Crippen molar-refractivity contribution in [1.82, 2.24) is 5.43 Å². The highest BCUT2D eigenvalue weighted by Gasteiger charge is 2.12. The molecule has 7 nitrogen and oxygen atoms in total. The van der Waals surface area contributed by atoms with Gasteiger partial charge in [0.1, 0.15) is 6.61 Å². The number of halogens is 1. The first-order valence-electron chi connectivity index (χ1n) is 8.79. The lowest BCUT2D eigenvalue weighted by Gasteiger charge is -2.13. The Hall–Kier alpha value is -2.75. The predicted octanol–water partition coefficient (Wildman–Crippen LogP) is 4.04. The van der Waals surface area contributed by atoms with E-state index in [0.717, 1.165) is 9.13 Å². The van der Waals surface area contributed by atoms with Gasteiger partial charge in [-0.25, -0.2) is 5.43 Å². The molecule has 154 valence electrons. The van der Waals surface area contributed by atoms with Gasteiger partial charge in [0.25, 0.3) is 5.91 Å². The molecule has 1 N–H and O–H groups in total. The number of amides is 1. The Kier molecular flexibility index (Phi) is 8.78. The van der Waals surface area contributed by atoms with Crippen LogP contribution in [0, 0.1) is 3.57 Å². The lowest BCUT2D eigenvalue weighted by atomic mass is 10.2. The Balaban J connectivity index is 2.15. The average molecular weight is 510 g/mol. The number of methoxy groups -OCH3 is 2. The number of nitrogens with zero attached hydrogens (tertiary/aromatic N) is 1. The van der Waals surface area contributed by atoms with Crippen molar-refractivity contribution in [3.63, 3.8) is 0 Å². The van der Waals surface area contributed by atoms with E-state index in [4.69, 9.17) is 18.9 Å². The molecule has 2 aromatic rings. The third kappa shape index (κ3) is 6.11. The minimum atomic E-state index is -0.368. The average Bonchev–Trinajstić information content (AvgIpc) is 2.72. The second-order valence-electron chi connectivity index (χ2n) is 5.63. The van der Waals surface area contributed by atoms with E-state index in [0.29, 0.717) is 41.8 Å². The molecule has 0 aliphatic heterocycles. The van der Waals surface area contributed by atoms with Crippen molar-refractivity contribution in [2.45, 2.75) is 6.92 Å². The van der Waals surface area contributed by atoms with E-state index in [1.807, 2.05) is 13.0 Å². The molecule has 0 heterocycles. The standard InChI is InChI=1S/C21H23IN2O5/c1-5-9-29-20-16(22)10-14(11-19(20)28-6-2)13-23-24-21(25)15-7-8-17(26-3)18(12-15)27-4/h5,7-8,10-13H,1,6,9H2,2-4H3,(H,24,25)/b23-13+. The quantitative estimate of drug-likeness (QED) is 0.226. The highest BCUT2D eigenvalue weighted by atomic mass is 127. The van der Waals surface area contributed by atoms with Crippen molar-refractivity contribution < 1.29 is 23.7 Å². The maximum absolute atomic E-state index is 12.3.